The van der Waals surface area contributed by atoms with Crippen LogP contribution in [0.5, 0.6) is 0 Å². The average Bonchev–Trinajstić information content (AvgIpc) is 2.77. The molecule has 1 aromatic rings. The lowest BCUT2D eigenvalue weighted by Crippen LogP contribution is -2.03. The van der Waals surface area contributed by atoms with E-state index < -0.39 is 0 Å². The Bertz CT molecular complexity index is 938. The summed E-state index contributed by atoms with van der Waals surface area (Å²) < 4.78 is 0. The average molecular weight is 391 g/mol. The molecule has 1 aromatic carbocycles. The van der Waals surface area contributed by atoms with Crippen molar-refractivity contribution in [1.82, 2.24) is 0 Å². The Morgan fingerprint density at radius 1 is 1.20 bits per heavy atom. The second-order valence-electron chi connectivity index (χ2n) is 7.39. The van der Waals surface area contributed by atoms with Crippen molar-refractivity contribution in [3.8, 4) is 12.2 Å². The molecule has 0 spiro atoms. The molecule has 1 radical (unpaired) electrons. The number of hydrogen-bond donors (Lipinski definition) is 0. The first kappa shape index (κ1) is 23.3. The van der Waals surface area contributed by atoms with E-state index in [9.17, 15) is 0 Å². The van der Waals surface area contributed by atoms with Gasteiger partial charge in [-0.25, -0.2) is 0 Å². The third kappa shape index (κ3) is 7.13. The molecule has 30 heavy (non-hydrogen) atoms. The van der Waals surface area contributed by atoms with Crippen LogP contribution in [0.3, 0.4) is 0 Å². The Morgan fingerprint density at radius 2 is 2.00 bits per heavy atom. The van der Waals surface area contributed by atoms with Crippen molar-refractivity contribution in [2.24, 2.45) is 0 Å². The quantitative estimate of drug-likeness (QED) is 0.229. The highest BCUT2D eigenvalue weighted by atomic mass is 14.2. The summed E-state index contributed by atoms with van der Waals surface area (Å²) in [6.07, 6.45) is 27.1. The van der Waals surface area contributed by atoms with Crippen molar-refractivity contribution in [3.05, 3.63) is 113 Å². The molecule has 0 saturated carbocycles. The second kappa shape index (κ2) is 13.3. The summed E-state index contributed by atoms with van der Waals surface area (Å²) in [7, 11) is 1.75. The van der Waals surface area contributed by atoms with Gasteiger partial charge in [0.2, 0.25) is 7.28 Å². The van der Waals surface area contributed by atoms with Gasteiger partial charge in [0.1, 0.15) is 0 Å². The van der Waals surface area contributed by atoms with Crippen molar-refractivity contribution >= 4 is 12.9 Å². The van der Waals surface area contributed by atoms with E-state index in [1.165, 1.54) is 39.8 Å². The van der Waals surface area contributed by atoms with Gasteiger partial charge in [-0.3, -0.25) is 0 Å². The molecule has 1 heteroatoms. The monoisotopic (exact) mass is 391 g/mol. The van der Waals surface area contributed by atoms with Crippen LogP contribution in [-0.2, 0) is 0 Å². The maximum atomic E-state index is 5.37. The first-order valence-electron chi connectivity index (χ1n) is 10.8. The molecule has 0 atom stereocenters. The summed E-state index contributed by atoms with van der Waals surface area (Å²) in [5, 5.41) is 0. The third-order valence-electron chi connectivity index (χ3n) is 5.04. The SMILES string of the molecule is C#C[B]/C=C\CC1=C(C=C/C=C(/C)CCC)/C(=C/C=C\C)CC=C1c1ccccc1. The Morgan fingerprint density at radius 3 is 2.70 bits per heavy atom. The fraction of sp³-hybridized carbons (Fsp3) is 0.241. The van der Waals surface area contributed by atoms with E-state index in [-0.39, 0.29) is 0 Å². The van der Waals surface area contributed by atoms with E-state index in [2.05, 4.69) is 106 Å². The molecule has 0 fully saturated rings. The summed E-state index contributed by atoms with van der Waals surface area (Å²) in [5.41, 5.74) is 7.97. The van der Waals surface area contributed by atoms with Gasteiger partial charge >= 0.3 is 0 Å². The van der Waals surface area contributed by atoms with E-state index in [1.807, 2.05) is 5.98 Å². The number of allylic oxidation sites excluding steroid dienone is 13. The van der Waals surface area contributed by atoms with E-state index in [4.69, 9.17) is 6.42 Å². The Labute approximate surface area is 184 Å². The summed E-state index contributed by atoms with van der Waals surface area (Å²) >= 11 is 0. The highest BCUT2D eigenvalue weighted by molar-refractivity contribution is 6.51. The third-order valence-corrected chi connectivity index (χ3v) is 5.04. The van der Waals surface area contributed by atoms with Gasteiger partial charge in [-0.2, -0.15) is 5.82 Å². The van der Waals surface area contributed by atoms with Crippen molar-refractivity contribution in [1.29, 1.82) is 0 Å². The minimum Gasteiger partial charge on any atom is -0.160 e. The zero-order valence-corrected chi connectivity index (χ0v) is 18.6. The maximum absolute atomic E-state index is 5.37. The molecular weight excluding hydrogens is 359 g/mol. The predicted molar refractivity (Wildman–Crippen MR) is 135 cm³/mol. The largest absolute Gasteiger partial charge is 0.244 e. The molecule has 2 rings (SSSR count). The Balaban J connectivity index is 2.55. The van der Waals surface area contributed by atoms with E-state index in [1.54, 1.807) is 7.28 Å². The van der Waals surface area contributed by atoms with Crippen LogP contribution in [0, 0.1) is 12.2 Å². The molecule has 0 bridgehead atoms. The van der Waals surface area contributed by atoms with Crippen molar-refractivity contribution < 1.29 is 0 Å². The van der Waals surface area contributed by atoms with Crippen molar-refractivity contribution in [2.75, 3.05) is 0 Å². The normalized spacial score (nSPS) is 16.7. The molecule has 151 valence electrons. The van der Waals surface area contributed by atoms with E-state index in [0.29, 0.717) is 0 Å². The summed E-state index contributed by atoms with van der Waals surface area (Å²) in [5.74, 6) is 4.53. The second-order valence-corrected chi connectivity index (χ2v) is 7.39. The number of rotatable bonds is 9. The van der Waals surface area contributed by atoms with Gasteiger partial charge in [-0.05, 0) is 61.0 Å². The molecular formula is C29H32B. The Hall–Kier alpha value is -2.98. The van der Waals surface area contributed by atoms with Gasteiger partial charge in [-0.15, -0.1) is 12.4 Å². The van der Waals surface area contributed by atoms with Crippen LogP contribution in [0.1, 0.15) is 52.0 Å². The highest BCUT2D eigenvalue weighted by Crippen LogP contribution is 2.38. The van der Waals surface area contributed by atoms with Gasteiger partial charge < -0.3 is 0 Å². The van der Waals surface area contributed by atoms with Gasteiger partial charge in [0.15, 0.2) is 0 Å². The standard InChI is InChI=1S/C29H32B/c1-5-8-16-26-21-22-28(25-17-10-9-11-18-25)29(20-13-23-30-7-3)27(26)19-12-15-24(4)14-6-2/h3,5,8-13,15-19,22-23H,6,14,20-21H2,1-2,4H3/b8-5-,19-12?,23-13-,24-15-,26-16+. The van der Waals surface area contributed by atoms with Gasteiger partial charge in [-0.1, -0.05) is 97.9 Å². The van der Waals surface area contributed by atoms with Crippen LogP contribution in [0.2, 0.25) is 0 Å². The van der Waals surface area contributed by atoms with E-state index in [0.717, 1.165) is 19.3 Å². The van der Waals surface area contributed by atoms with Gasteiger partial charge in [0, 0.05) is 0 Å². The number of terminal acetylenes is 1. The van der Waals surface area contributed by atoms with Gasteiger partial charge in [0.05, 0.1) is 0 Å². The lowest BCUT2D eigenvalue weighted by atomic mass is 9.78. The lowest BCUT2D eigenvalue weighted by Gasteiger charge is -2.23. The van der Waals surface area contributed by atoms with Crippen LogP contribution in [0.4, 0.5) is 0 Å². The minimum atomic E-state index is 0.837. The predicted octanol–water partition coefficient (Wildman–Crippen LogP) is 7.77. The fourth-order valence-electron chi connectivity index (χ4n) is 3.59. The molecule has 0 saturated heterocycles. The molecule has 0 unspecified atom stereocenters. The van der Waals surface area contributed by atoms with Crippen LogP contribution in [0.15, 0.2) is 107 Å². The minimum absolute atomic E-state index is 0.837. The smallest absolute Gasteiger partial charge is 0.160 e. The molecule has 0 N–H and O–H groups in total. The zero-order chi connectivity index (χ0) is 21.6. The summed E-state index contributed by atoms with van der Waals surface area (Å²) in [6, 6.07) is 10.7. The van der Waals surface area contributed by atoms with E-state index >= 15 is 0 Å². The molecule has 0 amide bonds. The topological polar surface area (TPSA) is 0 Å². The fourth-order valence-corrected chi connectivity index (χ4v) is 3.59. The van der Waals surface area contributed by atoms with Crippen LogP contribution < -0.4 is 0 Å². The number of hydrogen-bond acceptors (Lipinski definition) is 0. The Kier molecular flexibility index (Phi) is 10.3. The maximum Gasteiger partial charge on any atom is 0.244 e. The van der Waals surface area contributed by atoms with Crippen molar-refractivity contribution in [3.63, 3.8) is 0 Å². The zero-order valence-electron chi connectivity index (χ0n) is 18.6. The van der Waals surface area contributed by atoms with Crippen LogP contribution >= 0.6 is 0 Å². The highest BCUT2D eigenvalue weighted by Gasteiger charge is 2.18. The summed E-state index contributed by atoms with van der Waals surface area (Å²) in [6.45, 7) is 6.48. The number of benzene rings is 1. The first-order chi connectivity index (χ1) is 14.7. The molecule has 0 aliphatic heterocycles. The first-order valence-corrected chi connectivity index (χ1v) is 10.8. The van der Waals surface area contributed by atoms with Crippen molar-refractivity contribution in [2.45, 2.75) is 46.5 Å². The van der Waals surface area contributed by atoms with Crippen LogP contribution in [0.25, 0.3) is 5.57 Å². The molecule has 0 aromatic heterocycles. The molecule has 0 nitrogen and oxygen atoms in total. The summed E-state index contributed by atoms with van der Waals surface area (Å²) in [4.78, 5) is 0. The lowest BCUT2D eigenvalue weighted by molar-refractivity contribution is 0.906. The van der Waals surface area contributed by atoms with Crippen LogP contribution in [-0.4, -0.2) is 7.28 Å². The molecule has 0 heterocycles. The van der Waals surface area contributed by atoms with Gasteiger partial charge in [0.25, 0.3) is 0 Å². The molecule has 1 aliphatic rings. The molecule has 1 aliphatic carbocycles.